The molecule has 0 saturated carbocycles. The summed E-state index contributed by atoms with van der Waals surface area (Å²) in [5.41, 5.74) is 2.81. The van der Waals surface area contributed by atoms with Crippen molar-refractivity contribution < 1.29 is 4.79 Å². The van der Waals surface area contributed by atoms with Crippen LogP contribution in [-0.4, -0.2) is 28.3 Å². The molecule has 1 aliphatic heterocycles. The quantitative estimate of drug-likeness (QED) is 0.877. The average Bonchev–Trinajstić information content (AvgIpc) is 2.74. The van der Waals surface area contributed by atoms with Crippen LogP contribution in [0.15, 0.2) is 0 Å². The van der Waals surface area contributed by atoms with Crippen LogP contribution in [0.4, 0.5) is 5.69 Å². The minimum Gasteiger partial charge on any atom is -0.323 e. The summed E-state index contributed by atoms with van der Waals surface area (Å²) in [5.74, 6) is 0.0943. The highest BCUT2D eigenvalue weighted by atomic mass is 16.1. The number of hydrogen-bond donors (Lipinski definition) is 2. The lowest BCUT2D eigenvalue weighted by Gasteiger charge is -2.23. The highest BCUT2D eigenvalue weighted by Gasteiger charge is 2.17. The Hall–Kier alpha value is -1.36. The Morgan fingerprint density at radius 2 is 2.19 bits per heavy atom. The summed E-state index contributed by atoms with van der Waals surface area (Å²) in [5, 5.41) is 11.0. The third-order valence-electron chi connectivity index (χ3n) is 4.21. The molecule has 0 spiro atoms. The van der Waals surface area contributed by atoms with Gasteiger partial charge in [0.15, 0.2) is 0 Å². The van der Waals surface area contributed by atoms with Gasteiger partial charge in [0.2, 0.25) is 5.91 Å². The molecule has 5 nitrogen and oxygen atoms in total. The number of nitrogens with zero attached hydrogens (tertiary/aromatic N) is 2. The molecule has 2 heterocycles. The smallest absolute Gasteiger partial charge is 0.224 e. The summed E-state index contributed by atoms with van der Waals surface area (Å²) in [4.78, 5) is 12.2. The number of hydrogen-bond acceptors (Lipinski definition) is 3. The molecular weight excluding hydrogens is 264 g/mol. The molecule has 21 heavy (non-hydrogen) atoms. The number of carbonyl (C=O) groups excluding carboxylic acids is 1. The van der Waals surface area contributed by atoms with Crippen LogP contribution in [0.25, 0.3) is 0 Å². The van der Waals surface area contributed by atoms with Crippen molar-refractivity contribution in [1.82, 2.24) is 15.1 Å². The maximum Gasteiger partial charge on any atom is 0.224 e. The Bertz CT molecular complexity index is 487. The van der Waals surface area contributed by atoms with Crippen molar-refractivity contribution in [3.8, 4) is 0 Å². The van der Waals surface area contributed by atoms with Gasteiger partial charge in [0.25, 0.3) is 0 Å². The molecule has 1 amide bonds. The molecule has 1 aromatic heterocycles. The number of nitrogens with one attached hydrogen (secondary N) is 2. The molecule has 0 aromatic carbocycles. The predicted molar refractivity (Wildman–Crippen MR) is 85.6 cm³/mol. The molecule has 0 aliphatic carbocycles. The van der Waals surface area contributed by atoms with E-state index in [2.05, 4.69) is 29.6 Å². The van der Waals surface area contributed by atoms with Gasteiger partial charge in [-0.3, -0.25) is 9.48 Å². The standard InChI is InChI=1S/C16H28N4O/c1-11(2)20-13(4)16(12(3)19-20)18-15(21)9-8-14-7-5-6-10-17-14/h11,14,17H,5-10H2,1-4H3,(H,18,21). The van der Waals surface area contributed by atoms with Crippen molar-refractivity contribution in [2.24, 2.45) is 0 Å². The van der Waals surface area contributed by atoms with Crippen molar-refractivity contribution in [2.75, 3.05) is 11.9 Å². The minimum absolute atomic E-state index is 0.0943. The molecule has 2 rings (SSSR count). The monoisotopic (exact) mass is 292 g/mol. The van der Waals surface area contributed by atoms with Crippen molar-refractivity contribution in [3.63, 3.8) is 0 Å². The van der Waals surface area contributed by atoms with E-state index in [-0.39, 0.29) is 5.91 Å². The molecule has 118 valence electrons. The van der Waals surface area contributed by atoms with Gasteiger partial charge in [0.1, 0.15) is 0 Å². The number of aryl methyl sites for hydroxylation is 1. The van der Waals surface area contributed by atoms with Crippen LogP contribution in [0.2, 0.25) is 0 Å². The lowest BCUT2D eigenvalue weighted by molar-refractivity contribution is -0.116. The molecule has 0 bridgehead atoms. The van der Waals surface area contributed by atoms with Crippen LogP contribution in [0.1, 0.15) is 63.4 Å². The third kappa shape index (κ3) is 4.06. The molecule has 1 aromatic rings. The highest BCUT2D eigenvalue weighted by Crippen LogP contribution is 2.23. The minimum atomic E-state index is 0.0943. The Morgan fingerprint density at radius 3 is 2.76 bits per heavy atom. The molecule has 1 fully saturated rings. The third-order valence-corrected chi connectivity index (χ3v) is 4.21. The lowest BCUT2D eigenvalue weighted by atomic mass is 10.0. The van der Waals surface area contributed by atoms with E-state index in [4.69, 9.17) is 0 Å². The molecular formula is C16H28N4O. The Balaban J connectivity index is 1.90. The summed E-state index contributed by atoms with van der Waals surface area (Å²) < 4.78 is 1.97. The second-order valence-electron chi connectivity index (χ2n) is 6.32. The van der Waals surface area contributed by atoms with E-state index in [0.29, 0.717) is 18.5 Å². The fourth-order valence-electron chi connectivity index (χ4n) is 3.02. The van der Waals surface area contributed by atoms with Crippen LogP contribution in [0, 0.1) is 13.8 Å². The van der Waals surface area contributed by atoms with Gasteiger partial charge >= 0.3 is 0 Å². The van der Waals surface area contributed by atoms with Crippen molar-refractivity contribution >= 4 is 11.6 Å². The Labute approximate surface area is 127 Å². The van der Waals surface area contributed by atoms with Crippen LogP contribution >= 0.6 is 0 Å². The first-order valence-electron chi connectivity index (χ1n) is 8.08. The van der Waals surface area contributed by atoms with E-state index in [1.54, 1.807) is 0 Å². The largest absolute Gasteiger partial charge is 0.323 e. The molecule has 5 heteroatoms. The van der Waals surface area contributed by atoms with E-state index in [1.165, 1.54) is 19.3 Å². The van der Waals surface area contributed by atoms with Crippen LogP contribution < -0.4 is 10.6 Å². The number of aromatic nitrogens is 2. The topological polar surface area (TPSA) is 59.0 Å². The Kier molecular flexibility index (Phi) is 5.39. The number of piperidine rings is 1. The second-order valence-corrected chi connectivity index (χ2v) is 6.32. The molecule has 0 radical (unpaired) electrons. The molecule has 1 atom stereocenters. The normalized spacial score (nSPS) is 19.0. The second kappa shape index (κ2) is 7.07. The van der Waals surface area contributed by atoms with Crippen LogP contribution in [0.5, 0.6) is 0 Å². The SMILES string of the molecule is Cc1nn(C(C)C)c(C)c1NC(=O)CCC1CCCCN1. The fourth-order valence-corrected chi connectivity index (χ4v) is 3.02. The lowest BCUT2D eigenvalue weighted by Crippen LogP contribution is -2.34. The number of amides is 1. The van der Waals surface area contributed by atoms with Gasteiger partial charge < -0.3 is 10.6 Å². The van der Waals surface area contributed by atoms with Gasteiger partial charge in [-0.2, -0.15) is 5.10 Å². The first-order chi connectivity index (χ1) is 9.99. The zero-order valence-electron chi connectivity index (χ0n) is 13.7. The first kappa shape index (κ1) is 16.0. The number of rotatable bonds is 5. The fraction of sp³-hybridized carbons (Fsp3) is 0.750. The van der Waals surface area contributed by atoms with Crippen LogP contribution in [-0.2, 0) is 4.79 Å². The summed E-state index contributed by atoms with van der Waals surface area (Å²) in [6.45, 7) is 9.24. The van der Waals surface area contributed by atoms with E-state index in [9.17, 15) is 4.79 Å². The summed E-state index contributed by atoms with van der Waals surface area (Å²) in [6, 6.07) is 0.811. The van der Waals surface area contributed by atoms with E-state index in [0.717, 1.165) is 30.0 Å². The van der Waals surface area contributed by atoms with Crippen molar-refractivity contribution in [1.29, 1.82) is 0 Å². The number of carbonyl (C=O) groups is 1. The van der Waals surface area contributed by atoms with Gasteiger partial charge in [0, 0.05) is 18.5 Å². The van der Waals surface area contributed by atoms with E-state index < -0.39 is 0 Å². The zero-order valence-corrected chi connectivity index (χ0v) is 13.7. The van der Waals surface area contributed by atoms with E-state index in [1.807, 2.05) is 18.5 Å². The average molecular weight is 292 g/mol. The van der Waals surface area contributed by atoms with Crippen molar-refractivity contribution in [3.05, 3.63) is 11.4 Å². The van der Waals surface area contributed by atoms with Crippen LogP contribution in [0.3, 0.4) is 0 Å². The van der Waals surface area contributed by atoms with Gasteiger partial charge in [-0.05, 0) is 53.5 Å². The van der Waals surface area contributed by atoms with Gasteiger partial charge in [-0.1, -0.05) is 6.42 Å². The molecule has 2 N–H and O–H groups in total. The number of anilines is 1. The highest BCUT2D eigenvalue weighted by molar-refractivity contribution is 5.91. The van der Waals surface area contributed by atoms with Gasteiger partial charge in [0.05, 0.1) is 17.1 Å². The molecule has 1 unspecified atom stereocenters. The molecule has 1 saturated heterocycles. The first-order valence-corrected chi connectivity index (χ1v) is 8.08. The van der Waals surface area contributed by atoms with Crippen molar-refractivity contribution in [2.45, 2.75) is 71.9 Å². The summed E-state index contributed by atoms with van der Waals surface area (Å²) >= 11 is 0. The predicted octanol–water partition coefficient (Wildman–Crippen LogP) is 2.94. The maximum absolute atomic E-state index is 12.2. The summed E-state index contributed by atoms with van der Waals surface area (Å²) in [7, 11) is 0. The maximum atomic E-state index is 12.2. The summed E-state index contributed by atoms with van der Waals surface area (Å²) in [6.07, 6.45) is 5.22. The van der Waals surface area contributed by atoms with E-state index >= 15 is 0 Å². The Morgan fingerprint density at radius 1 is 1.43 bits per heavy atom. The van der Waals surface area contributed by atoms with Gasteiger partial charge in [-0.15, -0.1) is 0 Å². The zero-order chi connectivity index (χ0) is 15.4. The molecule has 1 aliphatic rings. The van der Waals surface area contributed by atoms with Gasteiger partial charge in [-0.25, -0.2) is 0 Å².